The number of methoxy groups -OCH3 is 1. The number of hydrazine groups is 1. The summed E-state index contributed by atoms with van der Waals surface area (Å²) in [5, 5.41) is 4.39. The van der Waals surface area contributed by atoms with Crippen molar-refractivity contribution in [3.8, 4) is 5.75 Å². The third-order valence-electron chi connectivity index (χ3n) is 2.81. The standard InChI is InChI=1S/C15H15N3O3S2/c1-21-11-6-4-10(5-7-11)14(20)16-15(22)18-17-13(19)9-12-3-2-8-23-12/h2-8H,9H2,1H3,(H,17,19)(H2,16,18,20,22). The number of amides is 2. The van der Waals surface area contributed by atoms with E-state index in [4.69, 9.17) is 17.0 Å². The Kier molecular flexibility index (Phi) is 6.07. The number of carbonyl (C=O) groups excluding carboxylic acids is 2. The molecule has 2 aromatic rings. The number of rotatable bonds is 4. The molecule has 2 amide bonds. The second kappa shape index (κ2) is 8.25. The van der Waals surface area contributed by atoms with Crippen LogP contribution in [0, 0.1) is 0 Å². The Morgan fingerprint density at radius 1 is 1.17 bits per heavy atom. The van der Waals surface area contributed by atoms with Crippen LogP contribution < -0.4 is 20.9 Å². The molecular formula is C15H15N3O3S2. The highest BCUT2D eigenvalue weighted by Gasteiger charge is 2.09. The number of thiophene rings is 1. The number of hydrogen-bond donors (Lipinski definition) is 3. The van der Waals surface area contributed by atoms with Crippen molar-refractivity contribution in [1.82, 2.24) is 16.2 Å². The zero-order valence-corrected chi connectivity index (χ0v) is 13.9. The molecule has 0 spiro atoms. The van der Waals surface area contributed by atoms with Crippen LogP contribution in [0.3, 0.4) is 0 Å². The summed E-state index contributed by atoms with van der Waals surface area (Å²) in [6.45, 7) is 0. The van der Waals surface area contributed by atoms with Gasteiger partial charge in [-0.05, 0) is 47.9 Å². The van der Waals surface area contributed by atoms with Crippen molar-refractivity contribution in [2.24, 2.45) is 0 Å². The van der Waals surface area contributed by atoms with E-state index in [2.05, 4.69) is 16.2 Å². The van der Waals surface area contributed by atoms with Gasteiger partial charge >= 0.3 is 0 Å². The summed E-state index contributed by atoms with van der Waals surface area (Å²) in [6, 6.07) is 10.3. The monoisotopic (exact) mass is 349 g/mol. The first kappa shape index (κ1) is 16.9. The van der Waals surface area contributed by atoms with Gasteiger partial charge in [0.05, 0.1) is 13.5 Å². The van der Waals surface area contributed by atoms with Gasteiger partial charge in [-0.25, -0.2) is 0 Å². The molecule has 8 heteroatoms. The van der Waals surface area contributed by atoms with Gasteiger partial charge in [-0.3, -0.25) is 25.8 Å². The highest BCUT2D eigenvalue weighted by atomic mass is 32.1. The molecule has 2 rings (SSSR count). The fraction of sp³-hybridized carbons (Fsp3) is 0.133. The van der Waals surface area contributed by atoms with E-state index in [0.717, 1.165) is 4.88 Å². The molecule has 1 aromatic carbocycles. The maximum atomic E-state index is 12.0. The maximum absolute atomic E-state index is 12.0. The average molecular weight is 349 g/mol. The summed E-state index contributed by atoms with van der Waals surface area (Å²) in [4.78, 5) is 24.6. The van der Waals surface area contributed by atoms with Gasteiger partial charge in [0.15, 0.2) is 5.11 Å². The summed E-state index contributed by atoms with van der Waals surface area (Å²) < 4.78 is 5.02. The smallest absolute Gasteiger partial charge is 0.257 e. The van der Waals surface area contributed by atoms with Crippen molar-refractivity contribution in [2.45, 2.75) is 6.42 Å². The van der Waals surface area contributed by atoms with Crippen LogP contribution in [0.2, 0.25) is 0 Å². The Bertz CT molecular complexity index is 685. The molecular weight excluding hydrogens is 334 g/mol. The van der Waals surface area contributed by atoms with Crippen molar-refractivity contribution in [3.63, 3.8) is 0 Å². The molecule has 1 heterocycles. The number of ether oxygens (including phenoxy) is 1. The van der Waals surface area contributed by atoms with Gasteiger partial charge in [-0.1, -0.05) is 6.07 Å². The summed E-state index contributed by atoms with van der Waals surface area (Å²) in [5.41, 5.74) is 5.37. The molecule has 0 saturated heterocycles. The van der Waals surface area contributed by atoms with Crippen LogP contribution in [0.4, 0.5) is 0 Å². The van der Waals surface area contributed by atoms with Crippen LogP contribution in [-0.4, -0.2) is 24.0 Å². The SMILES string of the molecule is COc1ccc(C(=O)NC(=S)NNC(=O)Cc2cccs2)cc1. The minimum atomic E-state index is -0.377. The molecule has 0 unspecified atom stereocenters. The molecule has 0 atom stereocenters. The van der Waals surface area contributed by atoms with Crippen molar-refractivity contribution in [3.05, 3.63) is 52.2 Å². The minimum Gasteiger partial charge on any atom is -0.497 e. The molecule has 0 bridgehead atoms. The predicted octanol–water partition coefficient (Wildman–Crippen LogP) is 1.63. The van der Waals surface area contributed by atoms with E-state index in [0.29, 0.717) is 11.3 Å². The van der Waals surface area contributed by atoms with Gasteiger partial charge in [0, 0.05) is 10.4 Å². The van der Waals surface area contributed by atoms with Gasteiger partial charge in [-0.2, -0.15) is 0 Å². The predicted molar refractivity (Wildman–Crippen MR) is 92.4 cm³/mol. The van der Waals surface area contributed by atoms with Gasteiger partial charge in [0.2, 0.25) is 5.91 Å². The lowest BCUT2D eigenvalue weighted by Gasteiger charge is -2.10. The molecule has 0 aliphatic carbocycles. The van der Waals surface area contributed by atoms with Crippen molar-refractivity contribution in [1.29, 1.82) is 0 Å². The summed E-state index contributed by atoms with van der Waals surface area (Å²) in [6.07, 6.45) is 0.250. The lowest BCUT2D eigenvalue weighted by Crippen LogP contribution is -2.48. The maximum Gasteiger partial charge on any atom is 0.257 e. The summed E-state index contributed by atoms with van der Waals surface area (Å²) in [5.74, 6) is 0.0363. The van der Waals surface area contributed by atoms with Gasteiger partial charge in [-0.15, -0.1) is 11.3 Å². The first-order valence-electron chi connectivity index (χ1n) is 6.65. The van der Waals surface area contributed by atoms with E-state index < -0.39 is 0 Å². The Hall–Kier alpha value is -2.45. The van der Waals surface area contributed by atoms with Crippen LogP contribution in [0.15, 0.2) is 41.8 Å². The largest absolute Gasteiger partial charge is 0.497 e. The normalized spacial score (nSPS) is 9.78. The zero-order chi connectivity index (χ0) is 16.7. The number of thiocarbonyl (C=S) groups is 1. The van der Waals surface area contributed by atoms with E-state index in [-0.39, 0.29) is 23.3 Å². The Labute approximate surface area is 142 Å². The van der Waals surface area contributed by atoms with Gasteiger partial charge < -0.3 is 4.74 Å². The van der Waals surface area contributed by atoms with E-state index in [1.54, 1.807) is 31.4 Å². The molecule has 0 aliphatic rings. The number of carbonyl (C=O) groups is 2. The molecule has 0 fully saturated rings. The quantitative estimate of drug-likeness (QED) is 0.578. The molecule has 6 nitrogen and oxygen atoms in total. The Morgan fingerprint density at radius 2 is 1.91 bits per heavy atom. The number of hydrogen-bond acceptors (Lipinski definition) is 5. The summed E-state index contributed by atoms with van der Waals surface area (Å²) in [7, 11) is 1.55. The highest BCUT2D eigenvalue weighted by Crippen LogP contribution is 2.11. The average Bonchev–Trinajstić information content (AvgIpc) is 3.06. The fourth-order valence-electron chi connectivity index (χ4n) is 1.69. The first-order chi connectivity index (χ1) is 11.1. The second-order valence-corrected chi connectivity index (χ2v) is 5.88. The first-order valence-corrected chi connectivity index (χ1v) is 7.94. The summed E-state index contributed by atoms with van der Waals surface area (Å²) >= 11 is 6.46. The second-order valence-electron chi connectivity index (χ2n) is 4.44. The van der Waals surface area contributed by atoms with Crippen LogP contribution in [-0.2, 0) is 11.2 Å². The van der Waals surface area contributed by atoms with E-state index in [1.165, 1.54) is 11.3 Å². The van der Waals surface area contributed by atoms with E-state index in [1.807, 2.05) is 17.5 Å². The third kappa shape index (κ3) is 5.35. The lowest BCUT2D eigenvalue weighted by molar-refractivity contribution is -0.120. The van der Waals surface area contributed by atoms with Crippen LogP contribution in [0.5, 0.6) is 5.75 Å². The van der Waals surface area contributed by atoms with E-state index >= 15 is 0 Å². The number of benzene rings is 1. The minimum absolute atomic E-state index is 0.0188. The number of nitrogens with one attached hydrogen (secondary N) is 3. The topological polar surface area (TPSA) is 79.5 Å². The van der Waals surface area contributed by atoms with Crippen molar-refractivity contribution in [2.75, 3.05) is 7.11 Å². The fourth-order valence-corrected chi connectivity index (χ4v) is 2.54. The van der Waals surface area contributed by atoms with E-state index in [9.17, 15) is 9.59 Å². The Balaban J connectivity index is 1.77. The third-order valence-corrected chi connectivity index (χ3v) is 3.89. The lowest BCUT2D eigenvalue weighted by atomic mass is 10.2. The zero-order valence-electron chi connectivity index (χ0n) is 12.3. The highest BCUT2D eigenvalue weighted by molar-refractivity contribution is 7.80. The van der Waals surface area contributed by atoms with Crippen LogP contribution >= 0.6 is 23.6 Å². The van der Waals surface area contributed by atoms with Crippen molar-refractivity contribution < 1.29 is 14.3 Å². The van der Waals surface area contributed by atoms with Crippen LogP contribution in [0.25, 0.3) is 0 Å². The van der Waals surface area contributed by atoms with Gasteiger partial charge in [0.25, 0.3) is 5.91 Å². The molecule has 120 valence electrons. The molecule has 3 N–H and O–H groups in total. The Morgan fingerprint density at radius 3 is 2.52 bits per heavy atom. The molecule has 23 heavy (non-hydrogen) atoms. The van der Waals surface area contributed by atoms with Crippen LogP contribution in [0.1, 0.15) is 15.2 Å². The van der Waals surface area contributed by atoms with Crippen molar-refractivity contribution >= 4 is 40.5 Å². The van der Waals surface area contributed by atoms with Gasteiger partial charge in [0.1, 0.15) is 5.75 Å². The molecule has 0 radical (unpaired) electrons. The molecule has 1 aromatic heterocycles. The molecule has 0 saturated carbocycles. The molecule has 0 aliphatic heterocycles.